The molecule has 0 atom stereocenters. The van der Waals surface area contributed by atoms with Crippen LogP contribution in [0.1, 0.15) is 40.0 Å². The van der Waals surface area contributed by atoms with Crippen molar-refractivity contribution >= 4 is 29.4 Å². The summed E-state index contributed by atoms with van der Waals surface area (Å²) in [5, 5.41) is 0. The molecule has 0 radical (unpaired) electrons. The molecule has 0 spiro atoms. The van der Waals surface area contributed by atoms with Crippen molar-refractivity contribution in [2.24, 2.45) is 0 Å². The van der Waals surface area contributed by atoms with Crippen molar-refractivity contribution in [3.8, 4) is 0 Å². The summed E-state index contributed by atoms with van der Waals surface area (Å²) in [6.45, 7) is 0. The van der Waals surface area contributed by atoms with Crippen molar-refractivity contribution < 1.29 is 40.1 Å². The smallest absolute Gasteiger partial charge is 1.00 e. The number of rotatable bonds is 7. The van der Waals surface area contributed by atoms with E-state index in [1.807, 2.05) is 0 Å². The summed E-state index contributed by atoms with van der Waals surface area (Å²) in [7, 11) is 0. The van der Waals surface area contributed by atoms with Crippen molar-refractivity contribution in [1.82, 2.24) is 0 Å². The maximum atomic E-state index is 10.5. The van der Waals surface area contributed by atoms with Gasteiger partial charge >= 0.3 is 35.5 Å². The summed E-state index contributed by atoms with van der Waals surface area (Å²) in [4.78, 5) is 10.5. The van der Waals surface area contributed by atoms with Crippen LogP contribution in [-0.2, 0) is 9.08 Å². The van der Waals surface area contributed by atoms with E-state index >= 15 is 0 Å². The summed E-state index contributed by atoms with van der Waals surface area (Å²) in [6, 6.07) is 0. The molecular weight excluding hydrogens is 222 g/mol. The number of unbranched alkanes of at least 4 members (excludes halogenated alkanes) is 4. The third-order valence-corrected chi connectivity index (χ3v) is 2.04. The molecule has 74 valence electrons. The van der Waals surface area contributed by atoms with Gasteiger partial charge < -0.3 is 5.72 Å². The average Bonchev–Trinajstić information content (AvgIpc) is 2.10. The average molecular weight is 237 g/mol. The summed E-state index contributed by atoms with van der Waals surface area (Å²) in [5.74, 6) is 0.387. The van der Waals surface area contributed by atoms with Gasteiger partial charge in [0.25, 0.3) is 0 Å². The van der Waals surface area contributed by atoms with Gasteiger partial charge in [0, 0.05) is 12.3 Å². The number of hydrogen-bond donors (Lipinski definition) is 0. The molecule has 0 heterocycles. The number of carbonyl (C=O) groups is 1. The molecular formula is C8H15Cl2NaO2. The zero-order valence-electron chi connectivity index (χ0n) is 9.02. The van der Waals surface area contributed by atoms with E-state index in [1.54, 1.807) is 0 Å². The van der Waals surface area contributed by atoms with Crippen molar-refractivity contribution in [2.45, 2.75) is 38.5 Å². The Morgan fingerprint density at radius 2 is 1.69 bits per heavy atom. The predicted molar refractivity (Wildman–Crippen MR) is 51.5 cm³/mol. The number of carbonyl (C=O) groups excluding carboxylic acids is 1. The molecule has 0 N–H and O–H groups in total. The molecule has 5 heteroatoms. The van der Waals surface area contributed by atoms with Crippen LogP contribution in [0.25, 0.3) is 0 Å². The van der Waals surface area contributed by atoms with Crippen molar-refractivity contribution in [3.05, 3.63) is 0 Å². The Kier molecular flexibility index (Phi) is 16.5. The quantitative estimate of drug-likeness (QED) is 0.363. The molecule has 0 bridgehead atoms. The van der Waals surface area contributed by atoms with Crippen LogP contribution in [0.5, 0.6) is 0 Å². The Hall–Kier alpha value is 1.05. The standard InChI is InChI=1S/C8H14Cl2O2.Na.H/c9-7-5-3-1-2-4-6-8(11)12-10;;/h1-7H2;;/q;+1;-1. The van der Waals surface area contributed by atoms with E-state index in [4.69, 9.17) is 23.5 Å². The van der Waals surface area contributed by atoms with Crippen LogP contribution in [-0.4, -0.2) is 11.8 Å². The van der Waals surface area contributed by atoms with Gasteiger partial charge in [-0.1, -0.05) is 19.3 Å². The van der Waals surface area contributed by atoms with Crippen LogP contribution in [0.2, 0.25) is 0 Å². The van der Waals surface area contributed by atoms with Crippen LogP contribution in [0.15, 0.2) is 0 Å². The topological polar surface area (TPSA) is 26.3 Å². The first-order valence-corrected chi connectivity index (χ1v) is 5.03. The molecule has 0 saturated heterocycles. The fourth-order valence-electron chi connectivity index (χ4n) is 0.933. The number of alkyl halides is 1. The van der Waals surface area contributed by atoms with Gasteiger partial charge in [0.05, 0.1) is 0 Å². The van der Waals surface area contributed by atoms with Gasteiger partial charge in [0.2, 0.25) is 0 Å². The van der Waals surface area contributed by atoms with Gasteiger partial charge in [-0.3, -0.25) is 4.79 Å². The Labute approximate surface area is 113 Å². The van der Waals surface area contributed by atoms with Crippen molar-refractivity contribution in [3.63, 3.8) is 0 Å². The van der Waals surface area contributed by atoms with E-state index in [2.05, 4.69) is 4.29 Å². The summed E-state index contributed by atoms with van der Waals surface area (Å²) in [6.07, 6.45) is 5.64. The Morgan fingerprint density at radius 3 is 2.23 bits per heavy atom. The molecule has 0 rings (SSSR count). The molecule has 0 fully saturated rings. The zero-order chi connectivity index (χ0) is 9.23. The van der Waals surface area contributed by atoms with Crippen LogP contribution in [0, 0.1) is 0 Å². The number of hydrogen-bond acceptors (Lipinski definition) is 2. The molecule has 0 amide bonds. The Morgan fingerprint density at radius 1 is 1.15 bits per heavy atom. The molecule has 13 heavy (non-hydrogen) atoms. The van der Waals surface area contributed by atoms with E-state index < -0.39 is 0 Å². The van der Waals surface area contributed by atoms with Crippen LogP contribution in [0.4, 0.5) is 0 Å². The zero-order valence-corrected chi connectivity index (χ0v) is 11.5. The second-order valence-electron chi connectivity index (χ2n) is 2.66. The van der Waals surface area contributed by atoms with Crippen molar-refractivity contribution in [1.29, 1.82) is 0 Å². The minimum Gasteiger partial charge on any atom is -1.00 e. The molecule has 0 unspecified atom stereocenters. The van der Waals surface area contributed by atoms with Gasteiger partial charge in [0.15, 0.2) is 0 Å². The van der Waals surface area contributed by atoms with E-state index in [-0.39, 0.29) is 37.0 Å². The van der Waals surface area contributed by atoms with E-state index in [0.717, 1.165) is 38.0 Å². The Balaban J connectivity index is -0.000000605. The third kappa shape index (κ3) is 13.1. The maximum Gasteiger partial charge on any atom is 1.00 e. The predicted octanol–water partition coefficient (Wildman–Crippen LogP) is 0.379. The maximum absolute atomic E-state index is 10.5. The minimum absolute atomic E-state index is 0. The summed E-state index contributed by atoms with van der Waals surface area (Å²) < 4.78 is 3.99. The first kappa shape index (κ1) is 16.5. The van der Waals surface area contributed by atoms with E-state index in [9.17, 15) is 4.79 Å². The normalized spacial score (nSPS) is 9.08. The molecule has 0 saturated carbocycles. The first-order valence-electron chi connectivity index (χ1n) is 4.18. The summed E-state index contributed by atoms with van der Waals surface area (Å²) in [5.41, 5.74) is 0. The van der Waals surface area contributed by atoms with Gasteiger partial charge in [-0.15, -0.1) is 11.6 Å². The molecule has 0 aromatic carbocycles. The van der Waals surface area contributed by atoms with Crippen LogP contribution in [0.3, 0.4) is 0 Å². The van der Waals surface area contributed by atoms with Crippen molar-refractivity contribution in [2.75, 3.05) is 5.88 Å². The third-order valence-electron chi connectivity index (χ3n) is 1.60. The fourth-order valence-corrected chi connectivity index (χ4v) is 1.20. The molecule has 0 aliphatic heterocycles. The van der Waals surface area contributed by atoms with E-state index in [1.165, 1.54) is 0 Å². The molecule has 2 nitrogen and oxygen atoms in total. The van der Waals surface area contributed by atoms with Gasteiger partial charge in [-0.05, 0) is 12.8 Å². The SMILES string of the molecule is O=C(CCCCCCCCl)OCl.[H-].[Na+]. The largest absolute Gasteiger partial charge is 1.00 e. The van der Waals surface area contributed by atoms with E-state index in [0.29, 0.717) is 6.42 Å². The number of halogens is 2. The minimum atomic E-state index is -0.339. The first-order chi connectivity index (χ1) is 5.81. The fraction of sp³-hybridized carbons (Fsp3) is 0.875. The second kappa shape index (κ2) is 13.1. The molecule has 0 aromatic heterocycles. The summed E-state index contributed by atoms with van der Waals surface area (Å²) >= 11 is 10.3. The molecule has 0 aromatic rings. The van der Waals surface area contributed by atoms with Gasteiger partial charge in [0.1, 0.15) is 11.9 Å². The van der Waals surface area contributed by atoms with Crippen LogP contribution >= 0.6 is 23.5 Å². The van der Waals surface area contributed by atoms with Gasteiger partial charge in [-0.2, -0.15) is 0 Å². The molecule has 0 aliphatic rings. The van der Waals surface area contributed by atoms with Crippen LogP contribution < -0.4 is 29.6 Å². The second-order valence-corrected chi connectivity index (χ2v) is 3.19. The monoisotopic (exact) mass is 236 g/mol. The molecule has 0 aliphatic carbocycles. The Bertz CT molecular complexity index is 128. The van der Waals surface area contributed by atoms with Gasteiger partial charge in [-0.25, -0.2) is 0 Å².